The van der Waals surface area contributed by atoms with Crippen LogP contribution in [0.2, 0.25) is 0 Å². The molecule has 0 N–H and O–H groups in total. The van der Waals surface area contributed by atoms with E-state index in [2.05, 4.69) is 28.6 Å². The second-order valence-electron chi connectivity index (χ2n) is 5.11. The van der Waals surface area contributed by atoms with Crippen LogP contribution in [-0.4, -0.2) is 35.5 Å². The van der Waals surface area contributed by atoms with Crippen molar-refractivity contribution < 1.29 is 9.59 Å². The number of nitrogens with zero attached hydrogens (tertiary/aromatic N) is 1. The maximum atomic E-state index is 11.8. The number of rotatable bonds is 8. The van der Waals surface area contributed by atoms with Gasteiger partial charge in [-0.05, 0) is 33.1 Å². The number of ketones is 1. The van der Waals surface area contributed by atoms with E-state index in [1.165, 1.54) is 10.5 Å². The zero-order valence-corrected chi connectivity index (χ0v) is 13.9. The van der Waals surface area contributed by atoms with Gasteiger partial charge in [0.2, 0.25) is 5.91 Å². The lowest BCUT2D eigenvalue weighted by molar-refractivity contribution is -0.132. The maximum absolute atomic E-state index is 11.8. The van der Waals surface area contributed by atoms with Crippen molar-refractivity contribution in [3.05, 3.63) is 23.8 Å². The summed E-state index contributed by atoms with van der Waals surface area (Å²) in [5.74, 6) is -0.264. The summed E-state index contributed by atoms with van der Waals surface area (Å²) in [7, 11) is 3.29. The van der Waals surface area contributed by atoms with Crippen molar-refractivity contribution in [2.75, 3.05) is 14.1 Å². The number of carbonyl (C=O) groups is 2. The predicted octanol–water partition coefficient (Wildman–Crippen LogP) is 3.49. The monoisotopic (exact) mass is 329 g/mol. The first-order chi connectivity index (χ1) is 8.75. The second-order valence-corrected chi connectivity index (χ2v) is 6.02. The minimum Gasteiger partial charge on any atom is -0.347 e. The van der Waals surface area contributed by atoms with Gasteiger partial charge in [-0.3, -0.25) is 9.59 Å². The summed E-state index contributed by atoms with van der Waals surface area (Å²) in [5.41, 5.74) is 2.35. The number of alkyl halides is 1. The van der Waals surface area contributed by atoms with Crippen LogP contribution in [0.25, 0.3) is 0 Å². The lowest BCUT2D eigenvalue weighted by Crippen LogP contribution is -2.35. The highest BCUT2D eigenvalue weighted by Crippen LogP contribution is 2.13. The molecule has 0 aromatic rings. The Morgan fingerprint density at radius 3 is 2.26 bits per heavy atom. The topological polar surface area (TPSA) is 37.4 Å². The molecule has 0 rings (SSSR count). The third kappa shape index (κ3) is 7.98. The van der Waals surface area contributed by atoms with Crippen LogP contribution < -0.4 is 0 Å². The first-order valence-corrected chi connectivity index (χ1v) is 7.35. The van der Waals surface area contributed by atoms with Gasteiger partial charge in [0, 0.05) is 20.5 Å². The third-order valence-corrected chi connectivity index (χ3v) is 3.67. The van der Waals surface area contributed by atoms with Crippen molar-refractivity contribution in [1.29, 1.82) is 0 Å². The maximum Gasteiger partial charge on any atom is 0.243 e. The van der Waals surface area contributed by atoms with Gasteiger partial charge in [-0.2, -0.15) is 0 Å². The van der Waals surface area contributed by atoms with Gasteiger partial charge in [-0.1, -0.05) is 33.2 Å². The van der Waals surface area contributed by atoms with Crippen LogP contribution in [0, 0.1) is 0 Å². The summed E-state index contributed by atoms with van der Waals surface area (Å²) < 4.78 is 0. The lowest BCUT2D eigenvalue weighted by atomic mass is 10.0. The molecule has 1 amide bonds. The molecule has 0 bridgehead atoms. The summed E-state index contributed by atoms with van der Waals surface area (Å²) in [6.45, 7) is 7.88. The Balaban J connectivity index is 4.15. The van der Waals surface area contributed by atoms with Gasteiger partial charge in [-0.25, -0.2) is 0 Å². The minimum atomic E-state index is -0.717. The highest BCUT2D eigenvalue weighted by atomic mass is 79.9. The van der Waals surface area contributed by atoms with Gasteiger partial charge >= 0.3 is 0 Å². The normalized spacial score (nSPS) is 13.0. The number of allylic oxidation sites excluding steroid dienone is 3. The smallest absolute Gasteiger partial charge is 0.243 e. The van der Waals surface area contributed by atoms with Crippen LogP contribution in [0.5, 0.6) is 0 Å². The van der Waals surface area contributed by atoms with Crippen LogP contribution in [0.1, 0.15) is 39.5 Å². The van der Waals surface area contributed by atoms with Gasteiger partial charge in [0.25, 0.3) is 0 Å². The van der Waals surface area contributed by atoms with Gasteiger partial charge in [0.15, 0.2) is 10.6 Å². The van der Waals surface area contributed by atoms with E-state index >= 15 is 0 Å². The van der Waals surface area contributed by atoms with Crippen molar-refractivity contribution in [2.45, 2.75) is 44.4 Å². The molecule has 4 heteroatoms. The molecule has 0 saturated carbocycles. The molecule has 0 saturated heterocycles. The Kier molecular flexibility index (Phi) is 8.65. The number of halogens is 1. The zero-order chi connectivity index (χ0) is 15.0. The van der Waals surface area contributed by atoms with E-state index in [1.54, 1.807) is 14.1 Å². The molecule has 3 nitrogen and oxygen atoms in total. The summed E-state index contributed by atoms with van der Waals surface area (Å²) in [5, 5.41) is 0. The first kappa shape index (κ1) is 18.1. The Morgan fingerprint density at radius 1 is 1.21 bits per heavy atom. The molecule has 1 unspecified atom stereocenters. The quantitative estimate of drug-likeness (QED) is 0.388. The van der Waals surface area contributed by atoms with Crippen LogP contribution in [0.3, 0.4) is 0 Å². The summed E-state index contributed by atoms with van der Waals surface area (Å²) in [6.07, 6.45) is 5.18. The Morgan fingerprint density at radius 2 is 1.79 bits per heavy atom. The lowest BCUT2D eigenvalue weighted by Gasteiger charge is -2.14. The Hall–Kier alpha value is -0.900. The van der Waals surface area contributed by atoms with Crippen molar-refractivity contribution >= 4 is 27.6 Å². The van der Waals surface area contributed by atoms with Crippen LogP contribution in [-0.2, 0) is 9.59 Å². The van der Waals surface area contributed by atoms with Crippen LogP contribution >= 0.6 is 15.9 Å². The molecule has 0 aromatic heterocycles. The molecule has 0 heterocycles. The molecule has 0 aliphatic carbocycles. The second kappa shape index (κ2) is 9.08. The molecule has 1 atom stereocenters. The molecular formula is C15H24BrNO2. The fraction of sp³-hybridized carbons (Fsp3) is 0.600. The highest BCUT2D eigenvalue weighted by Gasteiger charge is 2.24. The molecule has 0 fully saturated rings. The fourth-order valence-electron chi connectivity index (χ4n) is 1.48. The standard InChI is InChI=1S/C15H24BrNO2/c1-11(2)7-6-8-12(3)9-10-13(18)14(16)15(19)17(4)5/h8,14H,1,6-7,9-10H2,2-5H3/b12-8+. The number of hydrogen-bond acceptors (Lipinski definition) is 2. The van der Waals surface area contributed by atoms with Crippen LogP contribution in [0.15, 0.2) is 23.8 Å². The van der Waals surface area contributed by atoms with E-state index in [1.807, 2.05) is 13.8 Å². The van der Waals surface area contributed by atoms with E-state index < -0.39 is 4.83 Å². The minimum absolute atomic E-state index is 0.0636. The van der Waals surface area contributed by atoms with Gasteiger partial charge in [-0.15, -0.1) is 6.58 Å². The summed E-state index contributed by atoms with van der Waals surface area (Å²) in [4.78, 5) is 24.2. The average Bonchev–Trinajstić information content (AvgIpc) is 2.33. The largest absolute Gasteiger partial charge is 0.347 e. The van der Waals surface area contributed by atoms with Crippen molar-refractivity contribution in [2.24, 2.45) is 0 Å². The molecule has 19 heavy (non-hydrogen) atoms. The van der Waals surface area contributed by atoms with Gasteiger partial charge < -0.3 is 4.90 Å². The van der Waals surface area contributed by atoms with E-state index in [9.17, 15) is 9.59 Å². The number of carbonyl (C=O) groups excluding carboxylic acids is 2. The highest BCUT2D eigenvalue weighted by molar-refractivity contribution is 9.10. The first-order valence-electron chi connectivity index (χ1n) is 6.43. The molecule has 108 valence electrons. The number of amides is 1. The summed E-state index contributed by atoms with van der Waals surface area (Å²) >= 11 is 3.16. The molecule has 0 aromatic carbocycles. The fourth-order valence-corrected chi connectivity index (χ4v) is 2.12. The van der Waals surface area contributed by atoms with Crippen molar-refractivity contribution in [1.82, 2.24) is 4.90 Å². The number of Topliss-reactive ketones (excluding diaryl/α,β-unsaturated/α-hetero) is 1. The Labute approximate surface area is 124 Å². The van der Waals surface area contributed by atoms with Crippen molar-refractivity contribution in [3.8, 4) is 0 Å². The van der Waals surface area contributed by atoms with E-state index in [4.69, 9.17) is 0 Å². The molecule has 0 radical (unpaired) electrons. The van der Waals surface area contributed by atoms with Crippen LogP contribution in [0.4, 0.5) is 0 Å². The predicted molar refractivity (Wildman–Crippen MR) is 83.5 cm³/mol. The average molecular weight is 330 g/mol. The number of hydrogen-bond donors (Lipinski definition) is 0. The van der Waals surface area contributed by atoms with E-state index in [0.29, 0.717) is 12.8 Å². The summed E-state index contributed by atoms with van der Waals surface area (Å²) in [6, 6.07) is 0. The van der Waals surface area contributed by atoms with E-state index in [0.717, 1.165) is 18.4 Å². The van der Waals surface area contributed by atoms with E-state index in [-0.39, 0.29) is 11.7 Å². The molecule has 0 spiro atoms. The molecular weight excluding hydrogens is 306 g/mol. The molecule has 0 aliphatic heterocycles. The Bertz CT molecular complexity index is 372. The van der Waals surface area contributed by atoms with Crippen molar-refractivity contribution in [3.63, 3.8) is 0 Å². The SMILES string of the molecule is C=C(C)CC/C=C(\C)CCC(=O)C(Br)C(=O)N(C)C. The van der Waals surface area contributed by atoms with Gasteiger partial charge in [0.05, 0.1) is 0 Å². The zero-order valence-electron chi connectivity index (χ0n) is 12.3. The van der Waals surface area contributed by atoms with Gasteiger partial charge in [0.1, 0.15) is 0 Å². The third-order valence-electron chi connectivity index (χ3n) is 2.77. The molecule has 0 aliphatic rings.